The van der Waals surface area contributed by atoms with Crippen molar-refractivity contribution in [1.29, 1.82) is 0 Å². The number of ether oxygens (including phenoxy) is 1. The minimum absolute atomic E-state index is 0.293. The normalized spacial score (nSPS) is 10.0. The van der Waals surface area contributed by atoms with E-state index in [4.69, 9.17) is 4.74 Å². The Morgan fingerprint density at radius 2 is 1.63 bits per heavy atom. The van der Waals surface area contributed by atoms with Crippen LogP contribution in [0.15, 0.2) is 54.6 Å². The lowest BCUT2D eigenvalue weighted by Crippen LogP contribution is -2.15. The first kappa shape index (κ1) is 13.1. The lowest BCUT2D eigenvalue weighted by Gasteiger charge is -2.16. The van der Waals surface area contributed by atoms with Gasteiger partial charge < -0.3 is 9.64 Å². The number of hydrogen-bond donors (Lipinski definition) is 0. The first-order valence-electron chi connectivity index (χ1n) is 6.16. The first-order chi connectivity index (χ1) is 9.18. The number of hydrogen-bond acceptors (Lipinski definition) is 3. The predicted molar refractivity (Wildman–Crippen MR) is 76.3 cm³/mol. The van der Waals surface area contributed by atoms with Crippen LogP contribution in [0.1, 0.15) is 15.9 Å². The van der Waals surface area contributed by atoms with Crippen LogP contribution in [0.4, 0.5) is 5.69 Å². The molecule has 3 heteroatoms. The minimum atomic E-state index is -0.298. The second-order valence-corrected chi connectivity index (χ2v) is 4.47. The third-order valence-corrected chi connectivity index (χ3v) is 2.82. The van der Waals surface area contributed by atoms with Gasteiger partial charge in [0.15, 0.2) is 0 Å². The zero-order valence-corrected chi connectivity index (χ0v) is 11.2. The van der Waals surface area contributed by atoms with E-state index in [0.717, 1.165) is 11.3 Å². The molecule has 0 N–H and O–H groups in total. The molecule has 98 valence electrons. The quantitative estimate of drug-likeness (QED) is 0.786. The van der Waals surface area contributed by atoms with Gasteiger partial charge in [0, 0.05) is 14.1 Å². The molecule has 0 spiro atoms. The highest BCUT2D eigenvalue weighted by Gasteiger charge is 2.13. The van der Waals surface area contributed by atoms with E-state index in [1.54, 1.807) is 6.07 Å². The molecule has 2 rings (SSSR count). The van der Waals surface area contributed by atoms with Crippen LogP contribution in [0.25, 0.3) is 0 Å². The van der Waals surface area contributed by atoms with Gasteiger partial charge in [0.05, 0.1) is 11.3 Å². The van der Waals surface area contributed by atoms with Crippen LogP contribution < -0.4 is 4.90 Å². The Morgan fingerprint density at radius 3 is 2.32 bits per heavy atom. The van der Waals surface area contributed by atoms with Crippen LogP contribution in [0, 0.1) is 0 Å². The Morgan fingerprint density at radius 1 is 1.00 bits per heavy atom. The summed E-state index contributed by atoms with van der Waals surface area (Å²) >= 11 is 0. The standard InChI is InChI=1S/C16H17NO2/c1-17(2)15-11-7-6-10-14(15)16(18)19-12-13-8-4-3-5-9-13/h3-11H,12H2,1-2H3. The number of carbonyl (C=O) groups is 1. The molecule has 0 atom stereocenters. The highest BCUT2D eigenvalue weighted by molar-refractivity contribution is 5.95. The van der Waals surface area contributed by atoms with E-state index >= 15 is 0 Å². The Bertz CT molecular complexity index is 550. The highest BCUT2D eigenvalue weighted by atomic mass is 16.5. The van der Waals surface area contributed by atoms with Crippen LogP contribution >= 0.6 is 0 Å². The predicted octanol–water partition coefficient (Wildman–Crippen LogP) is 3.11. The number of benzene rings is 2. The van der Waals surface area contributed by atoms with E-state index in [9.17, 15) is 4.79 Å². The average molecular weight is 255 g/mol. The number of para-hydroxylation sites is 1. The Kier molecular flexibility index (Phi) is 4.18. The molecular formula is C16H17NO2. The molecule has 0 fully saturated rings. The average Bonchev–Trinajstić information content (AvgIpc) is 2.46. The molecule has 0 heterocycles. The third-order valence-electron chi connectivity index (χ3n) is 2.82. The molecule has 0 unspecified atom stereocenters. The van der Waals surface area contributed by atoms with Gasteiger partial charge in [0.2, 0.25) is 0 Å². The Labute approximate surface area is 113 Å². The van der Waals surface area contributed by atoms with Crippen molar-refractivity contribution in [2.45, 2.75) is 6.61 Å². The SMILES string of the molecule is CN(C)c1ccccc1C(=O)OCc1ccccc1. The molecule has 0 aliphatic rings. The molecule has 0 saturated heterocycles. The lowest BCUT2D eigenvalue weighted by atomic mass is 10.1. The van der Waals surface area contributed by atoms with Crippen LogP contribution in [-0.4, -0.2) is 20.1 Å². The van der Waals surface area contributed by atoms with Crippen molar-refractivity contribution in [3.63, 3.8) is 0 Å². The van der Waals surface area contributed by atoms with Crippen molar-refractivity contribution >= 4 is 11.7 Å². The van der Waals surface area contributed by atoms with E-state index in [0.29, 0.717) is 12.2 Å². The van der Waals surface area contributed by atoms with E-state index in [1.807, 2.05) is 67.5 Å². The summed E-state index contributed by atoms with van der Waals surface area (Å²) in [7, 11) is 3.81. The lowest BCUT2D eigenvalue weighted by molar-refractivity contribution is 0.0473. The molecule has 0 saturated carbocycles. The van der Waals surface area contributed by atoms with Gasteiger partial charge >= 0.3 is 5.97 Å². The molecule has 2 aromatic rings. The number of esters is 1. The summed E-state index contributed by atoms with van der Waals surface area (Å²) in [6.07, 6.45) is 0. The van der Waals surface area contributed by atoms with Crippen molar-refractivity contribution in [1.82, 2.24) is 0 Å². The van der Waals surface area contributed by atoms with Gasteiger partial charge in [0.1, 0.15) is 6.61 Å². The highest BCUT2D eigenvalue weighted by Crippen LogP contribution is 2.19. The molecule has 0 aliphatic heterocycles. The first-order valence-corrected chi connectivity index (χ1v) is 6.16. The molecule has 0 radical (unpaired) electrons. The molecule has 0 amide bonds. The fraction of sp³-hybridized carbons (Fsp3) is 0.188. The molecule has 0 aromatic heterocycles. The summed E-state index contributed by atoms with van der Waals surface area (Å²) < 4.78 is 5.34. The molecule has 19 heavy (non-hydrogen) atoms. The van der Waals surface area contributed by atoms with Crippen LogP contribution in [0.5, 0.6) is 0 Å². The van der Waals surface area contributed by atoms with Crippen LogP contribution in [0.3, 0.4) is 0 Å². The largest absolute Gasteiger partial charge is 0.457 e. The maximum Gasteiger partial charge on any atom is 0.340 e. The van der Waals surface area contributed by atoms with E-state index < -0.39 is 0 Å². The van der Waals surface area contributed by atoms with Crippen molar-refractivity contribution in [3.8, 4) is 0 Å². The van der Waals surface area contributed by atoms with Crippen LogP contribution in [-0.2, 0) is 11.3 Å². The zero-order chi connectivity index (χ0) is 13.7. The van der Waals surface area contributed by atoms with Gasteiger partial charge in [-0.05, 0) is 17.7 Å². The number of nitrogens with zero attached hydrogens (tertiary/aromatic N) is 1. The smallest absolute Gasteiger partial charge is 0.340 e. The van der Waals surface area contributed by atoms with Gasteiger partial charge in [0.25, 0.3) is 0 Å². The maximum absolute atomic E-state index is 12.1. The third kappa shape index (κ3) is 3.35. The fourth-order valence-corrected chi connectivity index (χ4v) is 1.84. The molecule has 3 nitrogen and oxygen atoms in total. The van der Waals surface area contributed by atoms with E-state index in [-0.39, 0.29) is 5.97 Å². The second-order valence-electron chi connectivity index (χ2n) is 4.47. The maximum atomic E-state index is 12.1. The summed E-state index contributed by atoms with van der Waals surface area (Å²) in [5.41, 5.74) is 2.43. The van der Waals surface area contributed by atoms with Crippen molar-refractivity contribution in [2.75, 3.05) is 19.0 Å². The molecular weight excluding hydrogens is 238 g/mol. The monoisotopic (exact) mass is 255 g/mol. The summed E-state index contributed by atoms with van der Waals surface area (Å²) in [5, 5.41) is 0. The molecule has 0 bridgehead atoms. The fourth-order valence-electron chi connectivity index (χ4n) is 1.84. The van der Waals surface area contributed by atoms with Crippen molar-refractivity contribution in [2.24, 2.45) is 0 Å². The van der Waals surface area contributed by atoms with Crippen LogP contribution in [0.2, 0.25) is 0 Å². The van der Waals surface area contributed by atoms with E-state index in [1.165, 1.54) is 0 Å². The zero-order valence-electron chi connectivity index (χ0n) is 11.2. The molecule has 2 aromatic carbocycles. The van der Waals surface area contributed by atoms with E-state index in [2.05, 4.69) is 0 Å². The van der Waals surface area contributed by atoms with Gasteiger partial charge in [-0.3, -0.25) is 0 Å². The van der Waals surface area contributed by atoms with Gasteiger partial charge in [-0.25, -0.2) is 4.79 Å². The van der Waals surface area contributed by atoms with Gasteiger partial charge in [-0.2, -0.15) is 0 Å². The van der Waals surface area contributed by atoms with Gasteiger partial charge in [-0.15, -0.1) is 0 Å². The summed E-state index contributed by atoms with van der Waals surface area (Å²) in [5.74, 6) is -0.298. The molecule has 0 aliphatic carbocycles. The van der Waals surface area contributed by atoms with Gasteiger partial charge in [-0.1, -0.05) is 42.5 Å². The summed E-state index contributed by atoms with van der Waals surface area (Å²) in [4.78, 5) is 14.0. The second kappa shape index (κ2) is 6.05. The summed E-state index contributed by atoms with van der Waals surface area (Å²) in [6.45, 7) is 0.293. The number of rotatable bonds is 4. The van der Waals surface area contributed by atoms with Crippen molar-refractivity contribution < 1.29 is 9.53 Å². The Balaban J connectivity index is 2.08. The number of anilines is 1. The topological polar surface area (TPSA) is 29.5 Å². The summed E-state index contributed by atoms with van der Waals surface area (Å²) in [6, 6.07) is 17.1. The van der Waals surface area contributed by atoms with Crippen molar-refractivity contribution in [3.05, 3.63) is 65.7 Å². The Hall–Kier alpha value is -2.29. The number of carbonyl (C=O) groups excluding carboxylic acids is 1. The minimum Gasteiger partial charge on any atom is -0.457 e.